The van der Waals surface area contributed by atoms with Crippen molar-refractivity contribution < 1.29 is 4.74 Å². The minimum atomic E-state index is 0.361. The van der Waals surface area contributed by atoms with Gasteiger partial charge in [-0.05, 0) is 20.5 Å². The predicted molar refractivity (Wildman–Crippen MR) is 58.2 cm³/mol. The molecular formula is C11H20N2O. The van der Waals surface area contributed by atoms with Gasteiger partial charge in [0.05, 0.1) is 19.3 Å². The summed E-state index contributed by atoms with van der Waals surface area (Å²) in [6.45, 7) is 4.61. The molecule has 1 rings (SSSR count). The monoisotopic (exact) mass is 196 g/mol. The molecule has 0 bridgehead atoms. The third-order valence-electron chi connectivity index (χ3n) is 2.44. The number of hydrogen-bond acceptors (Lipinski definition) is 3. The first kappa shape index (κ1) is 11.5. The van der Waals surface area contributed by atoms with Gasteiger partial charge in [-0.2, -0.15) is 0 Å². The Labute approximate surface area is 87.0 Å². The molecule has 3 nitrogen and oxygen atoms in total. The molecular weight excluding hydrogens is 176 g/mol. The van der Waals surface area contributed by atoms with E-state index in [1.807, 2.05) is 0 Å². The molecule has 0 radical (unpaired) electrons. The maximum absolute atomic E-state index is 5.67. The van der Waals surface area contributed by atoms with Crippen molar-refractivity contribution in [3.63, 3.8) is 0 Å². The summed E-state index contributed by atoms with van der Waals surface area (Å²) < 4.78 is 5.67. The van der Waals surface area contributed by atoms with Crippen LogP contribution in [0.15, 0.2) is 0 Å². The Bertz CT molecular complexity index is 198. The van der Waals surface area contributed by atoms with Crippen molar-refractivity contribution in [2.75, 3.05) is 46.9 Å². The zero-order chi connectivity index (χ0) is 10.4. The normalized spacial score (nSPS) is 23.7. The lowest BCUT2D eigenvalue weighted by Gasteiger charge is -2.32. The maximum Gasteiger partial charge on any atom is 0.0715 e. The topological polar surface area (TPSA) is 15.7 Å². The Morgan fingerprint density at radius 1 is 1.57 bits per heavy atom. The van der Waals surface area contributed by atoms with Crippen LogP contribution in [-0.2, 0) is 4.74 Å². The molecule has 1 atom stereocenters. The van der Waals surface area contributed by atoms with E-state index >= 15 is 0 Å². The zero-order valence-corrected chi connectivity index (χ0v) is 9.20. The summed E-state index contributed by atoms with van der Waals surface area (Å²) in [4.78, 5) is 4.47. The van der Waals surface area contributed by atoms with Crippen molar-refractivity contribution in [2.45, 2.75) is 12.5 Å². The SMILES string of the molecule is C#CCN1CCO[C@@H](CCN(C)C)C1. The second-order valence-corrected chi connectivity index (χ2v) is 4.02. The number of ether oxygens (including phenoxy) is 1. The molecule has 3 heteroatoms. The van der Waals surface area contributed by atoms with E-state index < -0.39 is 0 Å². The Kier molecular flexibility index (Phi) is 4.95. The number of morpholine rings is 1. The lowest BCUT2D eigenvalue weighted by Crippen LogP contribution is -2.43. The van der Waals surface area contributed by atoms with E-state index in [-0.39, 0.29) is 0 Å². The Morgan fingerprint density at radius 2 is 2.36 bits per heavy atom. The van der Waals surface area contributed by atoms with Gasteiger partial charge in [0.15, 0.2) is 0 Å². The Balaban J connectivity index is 2.22. The number of hydrogen-bond donors (Lipinski definition) is 0. The van der Waals surface area contributed by atoms with Crippen LogP contribution in [0.2, 0.25) is 0 Å². The minimum Gasteiger partial charge on any atom is -0.376 e. The second kappa shape index (κ2) is 6.02. The molecule has 0 aromatic rings. The van der Waals surface area contributed by atoms with Crippen LogP contribution in [-0.4, -0.2) is 62.8 Å². The lowest BCUT2D eigenvalue weighted by molar-refractivity contribution is -0.0298. The summed E-state index contributed by atoms with van der Waals surface area (Å²) in [7, 11) is 4.17. The molecule has 1 heterocycles. The van der Waals surface area contributed by atoms with Gasteiger partial charge < -0.3 is 9.64 Å². The molecule has 14 heavy (non-hydrogen) atoms. The van der Waals surface area contributed by atoms with Crippen LogP contribution in [0.3, 0.4) is 0 Å². The molecule has 1 aliphatic heterocycles. The van der Waals surface area contributed by atoms with Crippen LogP contribution in [0.25, 0.3) is 0 Å². The first-order valence-electron chi connectivity index (χ1n) is 5.14. The van der Waals surface area contributed by atoms with Crippen molar-refractivity contribution in [2.24, 2.45) is 0 Å². The number of nitrogens with zero attached hydrogens (tertiary/aromatic N) is 2. The Morgan fingerprint density at radius 3 is 3.00 bits per heavy atom. The van der Waals surface area contributed by atoms with Crippen LogP contribution in [0.4, 0.5) is 0 Å². The van der Waals surface area contributed by atoms with Gasteiger partial charge in [-0.1, -0.05) is 5.92 Å². The van der Waals surface area contributed by atoms with E-state index in [1.54, 1.807) is 0 Å². The van der Waals surface area contributed by atoms with Gasteiger partial charge in [0.1, 0.15) is 0 Å². The third-order valence-corrected chi connectivity index (χ3v) is 2.44. The van der Waals surface area contributed by atoms with Crippen LogP contribution in [0.1, 0.15) is 6.42 Å². The van der Waals surface area contributed by atoms with Crippen molar-refractivity contribution in [1.82, 2.24) is 9.80 Å². The van der Waals surface area contributed by atoms with E-state index in [9.17, 15) is 0 Å². The predicted octanol–water partition coefficient (Wildman–Crippen LogP) is 0.272. The van der Waals surface area contributed by atoms with Gasteiger partial charge in [0.2, 0.25) is 0 Å². The van der Waals surface area contributed by atoms with E-state index in [0.29, 0.717) is 6.10 Å². The fourth-order valence-corrected chi connectivity index (χ4v) is 1.63. The van der Waals surface area contributed by atoms with Crippen molar-refractivity contribution >= 4 is 0 Å². The van der Waals surface area contributed by atoms with Crippen LogP contribution < -0.4 is 0 Å². The fourth-order valence-electron chi connectivity index (χ4n) is 1.63. The van der Waals surface area contributed by atoms with E-state index in [1.165, 1.54) is 0 Å². The van der Waals surface area contributed by atoms with Gasteiger partial charge in [-0.15, -0.1) is 6.42 Å². The largest absolute Gasteiger partial charge is 0.376 e. The first-order chi connectivity index (χ1) is 6.72. The van der Waals surface area contributed by atoms with Crippen molar-refractivity contribution in [3.8, 4) is 12.3 Å². The molecule has 0 aromatic heterocycles. The highest BCUT2D eigenvalue weighted by Crippen LogP contribution is 2.08. The molecule has 0 aliphatic carbocycles. The molecule has 0 aromatic carbocycles. The van der Waals surface area contributed by atoms with Crippen molar-refractivity contribution in [3.05, 3.63) is 0 Å². The maximum atomic E-state index is 5.67. The van der Waals surface area contributed by atoms with E-state index in [2.05, 4.69) is 29.8 Å². The molecule has 0 amide bonds. The fraction of sp³-hybridized carbons (Fsp3) is 0.818. The summed E-state index contributed by atoms with van der Waals surface area (Å²) in [5, 5.41) is 0. The molecule has 1 fully saturated rings. The minimum absolute atomic E-state index is 0.361. The van der Waals surface area contributed by atoms with Crippen LogP contribution in [0.5, 0.6) is 0 Å². The van der Waals surface area contributed by atoms with Crippen LogP contribution >= 0.6 is 0 Å². The molecule has 1 saturated heterocycles. The summed E-state index contributed by atoms with van der Waals surface area (Å²) >= 11 is 0. The highest BCUT2D eigenvalue weighted by atomic mass is 16.5. The summed E-state index contributed by atoms with van der Waals surface area (Å²) in [6.07, 6.45) is 6.74. The number of terminal acetylenes is 1. The highest BCUT2D eigenvalue weighted by molar-refractivity contribution is 4.89. The van der Waals surface area contributed by atoms with Gasteiger partial charge in [0, 0.05) is 19.6 Å². The van der Waals surface area contributed by atoms with Crippen LogP contribution in [0, 0.1) is 12.3 Å². The quantitative estimate of drug-likeness (QED) is 0.600. The average Bonchev–Trinajstić information content (AvgIpc) is 2.16. The van der Waals surface area contributed by atoms with Gasteiger partial charge in [0.25, 0.3) is 0 Å². The summed E-state index contributed by atoms with van der Waals surface area (Å²) in [5.41, 5.74) is 0. The van der Waals surface area contributed by atoms with E-state index in [4.69, 9.17) is 11.2 Å². The molecule has 0 unspecified atom stereocenters. The van der Waals surface area contributed by atoms with Gasteiger partial charge in [-0.3, -0.25) is 4.90 Å². The second-order valence-electron chi connectivity index (χ2n) is 4.02. The third kappa shape index (κ3) is 4.10. The average molecular weight is 196 g/mol. The van der Waals surface area contributed by atoms with Gasteiger partial charge >= 0.3 is 0 Å². The Hall–Kier alpha value is -0.560. The van der Waals surface area contributed by atoms with Crippen molar-refractivity contribution in [1.29, 1.82) is 0 Å². The number of rotatable bonds is 4. The first-order valence-corrected chi connectivity index (χ1v) is 5.14. The lowest BCUT2D eigenvalue weighted by atomic mass is 10.2. The van der Waals surface area contributed by atoms with E-state index in [0.717, 1.165) is 39.2 Å². The highest BCUT2D eigenvalue weighted by Gasteiger charge is 2.19. The molecule has 1 aliphatic rings. The zero-order valence-electron chi connectivity index (χ0n) is 9.20. The standard InChI is InChI=1S/C11H20N2O/c1-4-6-13-8-9-14-11(10-13)5-7-12(2)3/h1,11H,5-10H2,2-3H3/t11-/m0/s1. The molecule has 80 valence electrons. The van der Waals surface area contributed by atoms with Gasteiger partial charge in [-0.25, -0.2) is 0 Å². The smallest absolute Gasteiger partial charge is 0.0715 e. The summed E-state index contributed by atoms with van der Waals surface area (Å²) in [5.74, 6) is 2.68. The summed E-state index contributed by atoms with van der Waals surface area (Å²) in [6, 6.07) is 0. The molecule has 0 saturated carbocycles. The molecule has 0 N–H and O–H groups in total. The molecule has 0 spiro atoms.